The molecule has 0 aliphatic carbocycles. The van der Waals surface area contributed by atoms with Gasteiger partial charge in [-0.15, -0.1) is 0 Å². The summed E-state index contributed by atoms with van der Waals surface area (Å²) in [4.78, 5) is 21.1. The third-order valence-corrected chi connectivity index (χ3v) is 2.31. The van der Waals surface area contributed by atoms with E-state index in [-0.39, 0.29) is 16.9 Å². The van der Waals surface area contributed by atoms with Crippen LogP contribution in [0, 0.1) is 10.1 Å². The van der Waals surface area contributed by atoms with Gasteiger partial charge in [-0.25, -0.2) is 4.79 Å². The molecule has 0 heterocycles. The Hall–Kier alpha value is -1.96. The van der Waals surface area contributed by atoms with Crippen molar-refractivity contribution in [3.8, 4) is 0 Å². The Balaban J connectivity index is 2.65. The van der Waals surface area contributed by atoms with Crippen LogP contribution in [0.4, 0.5) is 11.4 Å². The average Bonchev–Trinajstić information content (AvgIpc) is 2.36. The Labute approximate surface area is 111 Å². The summed E-state index contributed by atoms with van der Waals surface area (Å²) >= 11 is 2.94. The molecule has 0 radical (unpaired) electrons. The lowest BCUT2D eigenvalue weighted by atomic mass is 10.3. The van der Waals surface area contributed by atoms with E-state index in [0.29, 0.717) is 5.69 Å². The molecular weight excluding hydrogens is 306 g/mol. The second kappa shape index (κ2) is 6.70. The lowest BCUT2D eigenvalue weighted by molar-refractivity contribution is -0.384. The van der Waals surface area contributed by atoms with Gasteiger partial charge < -0.3 is 4.74 Å². The maximum atomic E-state index is 11.2. The molecule has 0 spiro atoms. The van der Waals surface area contributed by atoms with Crippen LogP contribution in [-0.4, -0.2) is 22.1 Å². The number of carbonyl (C=O) groups excluding carboxylic acids is 1. The van der Waals surface area contributed by atoms with E-state index in [4.69, 9.17) is 4.74 Å². The fraction of sp³-hybridized carbons (Fsp3) is 0.200. The van der Waals surface area contributed by atoms with E-state index in [9.17, 15) is 14.9 Å². The Bertz CT molecular complexity index is 473. The lowest BCUT2D eigenvalue weighted by Gasteiger charge is -2.01. The molecule has 0 aliphatic heterocycles. The molecule has 0 atom stereocenters. The monoisotopic (exact) mass is 315 g/mol. The third-order valence-electron chi connectivity index (χ3n) is 1.81. The first-order chi connectivity index (χ1) is 8.54. The zero-order chi connectivity index (χ0) is 13.5. The number of nitrogens with one attached hydrogen (secondary N) is 1. The number of rotatable bonds is 5. The molecule has 1 N–H and O–H groups in total. The molecule has 96 valence electrons. The molecule has 1 aromatic carbocycles. The van der Waals surface area contributed by atoms with Gasteiger partial charge in [-0.3, -0.25) is 15.5 Å². The number of esters is 1. The van der Waals surface area contributed by atoms with Crippen LogP contribution in [0.15, 0.2) is 29.4 Å². The number of carbonyl (C=O) groups is 1. The highest BCUT2D eigenvalue weighted by atomic mass is 79.9. The SMILES string of the molecule is CCOC(=O)/C(Br)=N\Nc1ccc([N+](=O)[O-])cc1. The summed E-state index contributed by atoms with van der Waals surface area (Å²) in [5.41, 5.74) is 3.06. The van der Waals surface area contributed by atoms with Gasteiger partial charge in [0.05, 0.1) is 17.2 Å². The first-order valence-electron chi connectivity index (χ1n) is 4.95. The molecule has 0 bridgehead atoms. The summed E-state index contributed by atoms with van der Waals surface area (Å²) in [7, 11) is 0. The Morgan fingerprint density at radius 3 is 2.61 bits per heavy atom. The van der Waals surface area contributed by atoms with Gasteiger partial charge in [0.25, 0.3) is 5.69 Å². The molecule has 0 amide bonds. The van der Waals surface area contributed by atoms with Crippen molar-refractivity contribution in [3.63, 3.8) is 0 Å². The number of halogens is 1. The van der Waals surface area contributed by atoms with Crippen molar-refractivity contribution in [3.05, 3.63) is 34.4 Å². The van der Waals surface area contributed by atoms with Gasteiger partial charge in [-0.05, 0) is 35.0 Å². The highest BCUT2D eigenvalue weighted by molar-refractivity contribution is 9.19. The van der Waals surface area contributed by atoms with Crippen LogP contribution < -0.4 is 5.43 Å². The topological polar surface area (TPSA) is 93.8 Å². The number of benzene rings is 1. The number of hydrogen-bond acceptors (Lipinski definition) is 6. The number of hydrazone groups is 1. The second-order valence-corrected chi connectivity index (χ2v) is 3.79. The standard InChI is InChI=1S/C10H10BrN3O4/c1-2-18-10(15)9(11)13-12-7-3-5-8(6-4-7)14(16)17/h3-6,12H,2H2,1H3/b13-9+. The normalized spacial score (nSPS) is 10.9. The smallest absolute Gasteiger partial charge is 0.366 e. The maximum absolute atomic E-state index is 11.2. The van der Waals surface area contributed by atoms with Gasteiger partial charge in [-0.2, -0.15) is 5.10 Å². The number of nitro benzene ring substituents is 1. The lowest BCUT2D eigenvalue weighted by Crippen LogP contribution is -2.12. The van der Waals surface area contributed by atoms with E-state index < -0.39 is 10.9 Å². The molecule has 1 aromatic rings. The minimum atomic E-state index is -0.591. The molecule has 1 rings (SSSR count). The van der Waals surface area contributed by atoms with Gasteiger partial charge in [0.15, 0.2) is 0 Å². The van der Waals surface area contributed by atoms with E-state index in [0.717, 1.165) is 0 Å². The first-order valence-corrected chi connectivity index (χ1v) is 5.74. The van der Waals surface area contributed by atoms with Gasteiger partial charge in [0.2, 0.25) is 4.62 Å². The summed E-state index contributed by atoms with van der Waals surface area (Å²) in [6.07, 6.45) is 0. The fourth-order valence-corrected chi connectivity index (χ4v) is 1.21. The zero-order valence-electron chi connectivity index (χ0n) is 9.42. The third kappa shape index (κ3) is 4.13. The van der Waals surface area contributed by atoms with E-state index in [1.807, 2.05) is 0 Å². The number of hydrogen-bond donors (Lipinski definition) is 1. The van der Waals surface area contributed by atoms with Crippen molar-refractivity contribution in [2.45, 2.75) is 6.92 Å². The largest absolute Gasteiger partial charge is 0.461 e. The Morgan fingerprint density at radius 2 is 2.11 bits per heavy atom. The molecule has 0 saturated carbocycles. The van der Waals surface area contributed by atoms with Crippen LogP contribution in [-0.2, 0) is 9.53 Å². The quantitative estimate of drug-likeness (QED) is 0.389. The van der Waals surface area contributed by atoms with Crippen LogP contribution in [0.3, 0.4) is 0 Å². The van der Waals surface area contributed by atoms with Crippen LogP contribution >= 0.6 is 15.9 Å². The van der Waals surface area contributed by atoms with Gasteiger partial charge in [0, 0.05) is 12.1 Å². The fourth-order valence-electron chi connectivity index (χ4n) is 1.01. The molecule has 7 nitrogen and oxygen atoms in total. The Kier molecular flexibility index (Phi) is 5.25. The zero-order valence-corrected chi connectivity index (χ0v) is 11.0. The second-order valence-electron chi connectivity index (χ2n) is 3.04. The maximum Gasteiger partial charge on any atom is 0.366 e. The van der Waals surface area contributed by atoms with Crippen molar-refractivity contribution in [2.24, 2.45) is 5.10 Å². The average molecular weight is 316 g/mol. The van der Waals surface area contributed by atoms with Crippen molar-refractivity contribution >= 4 is 37.9 Å². The minimum Gasteiger partial charge on any atom is -0.461 e. The van der Waals surface area contributed by atoms with Crippen molar-refractivity contribution in [1.29, 1.82) is 0 Å². The van der Waals surface area contributed by atoms with E-state index in [1.54, 1.807) is 6.92 Å². The predicted octanol–water partition coefficient (Wildman–Crippen LogP) is 2.28. The molecule has 0 aliphatic rings. The summed E-state index contributed by atoms with van der Waals surface area (Å²) in [5, 5.41) is 14.2. The highest BCUT2D eigenvalue weighted by Gasteiger charge is 2.08. The molecule has 0 unspecified atom stereocenters. The van der Waals surface area contributed by atoms with Crippen LogP contribution in [0.1, 0.15) is 6.92 Å². The van der Waals surface area contributed by atoms with Crippen molar-refractivity contribution in [2.75, 3.05) is 12.0 Å². The van der Waals surface area contributed by atoms with Crippen LogP contribution in [0.5, 0.6) is 0 Å². The highest BCUT2D eigenvalue weighted by Crippen LogP contribution is 2.15. The van der Waals surface area contributed by atoms with Gasteiger partial charge in [-0.1, -0.05) is 0 Å². The van der Waals surface area contributed by atoms with Gasteiger partial charge >= 0.3 is 5.97 Å². The molecular formula is C10H10BrN3O4. The van der Waals surface area contributed by atoms with Crippen LogP contribution in [0.25, 0.3) is 0 Å². The summed E-state index contributed by atoms with van der Waals surface area (Å²) in [6, 6.07) is 5.62. The number of anilines is 1. The number of nitro groups is 1. The molecule has 0 aromatic heterocycles. The number of nitrogens with zero attached hydrogens (tertiary/aromatic N) is 2. The number of ether oxygens (including phenoxy) is 1. The summed E-state index contributed by atoms with van der Waals surface area (Å²) in [6.45, 7) is 1.93. The predicted molar refractivity (Wildman–Crippen MR) is 69.7 cm³/mol. The Morgan fingerprint density at radius 1 is 1.50 bits per heavy atom. The van der Waals surface area contributed by atoms with Crippen molar-refractivity contribution < 1.29 is 14.5 Å². The minimum absolute atomic E-state index is 0.0114. The molecule has 0 fully saturated rings. The molecule has 18 heavy (non-hydrogen) atoms. The summed E-state index contributed by atoms with van der Waals surface area (Å²) < 4.78 is 4.69. The number of non-ortho nitro benzene ring substituents is 1. The molecule has 8 heteroatoms. The first kappa shape index (κ1) is 14.1. The van der Waals surface area contributed by atoms with E-state index in [1.165, 1.54) is 24.3 Å². The van der Waals surface area contributed by atoms with Crippen LogP contribution in [0.2, 0.25) is 0 Å². The molecule has 0 saturated heterocycles. The van der Waals surface area contributed by atoms with E-state index >= 15 is 0 Å². The van der Waals surface area contributed by atoms with Crippen molar-refractivity contribution in [1.82, 2.24) is 0 Å². The summed E-state index contributed by atoms with van der Waals surface area (Å²) in [5.74, 6) is -0.591. The van der Waals surface area contributed by atoms with E-state index in [2.05, 4.69) is 26.5 Å². The van der Waals surface area contributed by atoms with Gasteiger partial charge in [0.1, 0.15) is 0 Å².